The normalized spacial score (nSPS) is 18.0. The highest BCUT2D eigenvalue weighted by Gasteiger charge is 2.34. The third kappa shape index (κ3) is 4.02. The number of amides is 2. The molecule has 10 nitrogen and oxygen atoms in total. The van der Waals surface area contributed by atoms with E-state index in [0.29, 0.717) is 43.4 Å². The molecule has 0 aliphatic carbocycles. The molecule has 162 valence electrons. The van der Waals surface area contributed by atoms with Crippen molar-refractivity contribution in [3.63, 3.8) is 0 Å². The molecule has 0 radical (unpaired) electrons. The van der Waals surface area contributed by atoms with Crippen molar-refractivity contribution in [3.05, 3.63) is 58.1 Å². The zero-order chi connectivity index (χ0) is 22.0. The van der Waals surface area contributed by atoms with Gasteiger partial charge in [0.25, 0.3) is 17.5 Å². The zero-order valence-corrected chi connectivity index (χ0v) is 16.9. The Bertz CT molecular complexity index is 1020. The number of likely N-dealkylation sites (N-methyl/N-ethyl adjacent to an activating group) is 1. The molecule has 4 rings (SSSR count). The first-order valence-electron chi connectivity index (χ1n) is 9.90. The van der Waals surface area contributed by atoms with Crippen molar-refractivity contribution in [2.45, 2.75) is 6.10 Å². The van der Waals surface area contributed by atoms with Gasteiger partial charge in [0.15, 0.2) is 6.10 Å². The summed E-state index contributed by atoms with van der Waals surface area (Å²) in [6, 6.07) is 11.4. The molecule has 10 heteroatoms. The van der Waals surface area contributed by atoms with Gasteiger partial charge in [-0.2, -0.15) is 0 Å². The van der Waals surface area contributed by atoms with E-state index in [9.17, 15) is 19.7 Å². The van der Waals surface area contributed by atoms with E-state index in [-0.39, 0.29) is 23.7 Å². The third-order valence-electron chi connectivity index (χ3n) is 5.33. The van der Waals surface area contributed by atoms with E-state index in [4.69, 9.17) is 9.47 Å². The van der Waals surface area contributed by atoms with E-state index in [2.05, 4.69) is 5.32 Å². The van der Waals surface area contributed by atoms with Crippen molar-refractivity contribution in [1.29, 1.82) is 0 Å². The Labute approximate surface area is 178 Å². The molecule has 1 N–H and O–H groups in total. The minimum absolute atomic E-state index is 0.00542. The molecule has 0 bridgehead atoms. The number of fused-ring (bicyclic) bond motifs is 1. The van der Waals surface area contributed by atoms with Crippen molar-refractivity contribution in [2.75, 3.05) is 49.7 Å². The van der Waals surface area contributed by atoms with Gasteiger partial charge in [-0.3, -0.25) is 19.7 Å². The molecule has 2 aromatic carbocycles. The standard InChI is InChI=1S/C21H22N4O6/c1-22-20(26)19-13-24(16-4-2-3-5-18(16)31-19)21(27)14-6-7-15(17(12-14)25(28)29)23-8-10-30-11-9-23/h2-7,12,19H,8-11,13H2,1H3,(H,22,26). The van der Waals surface area contributed by atoms with Gasteiger partial charge >= 0.3 is 0 Å². The first-order chi connectivity index (χ1) is 15.0. The Morgan fingerprint density at radius 2 is 1.87 bits per heavy atom. The van der Waals surface area contributed by atoms with Crippen LogP contribution in [0.5, 0.6) is 5.75 Å². The number of ether oxygens (including phenoxy) is 2. The van der Waals surface area contributed by atoms with Gasteiger partial charge < -0.3 is 24.6 Å². The van der Waals surface area contributed by atoms with E-state index in [1.165, 1.54) is 18.0 Å². The quantitative estimate of drug-likeness (QED) is 0.583. The van der Waals surface area contributed by atoms with E-state index in [1.807, 2.05) is 4.90 Å². The topological polar surface area (TPSA) is 114 Å². The molecule has 2 aliphatic heterocycles. The maximum atomic E-state index is 13.4. The average Bonchev–Trinajstić information content (AvgIpc) is 2.82. The number of benzene rings is 2. The number of nitro groups is 1. The summed E-state index contributed by atoms with van der Waals surface area (Å²) >= 11 is 0. The SMILES string of the molecule is CNC(=O)C1CN(C(=O)c2ccc(N3CCOCC3)c([N+](=O)[O-])c2)c2ccccc2O1. The summed E-state index contributed by atoms with van der Waals surface area (Å²) in [6.45, 7) is 2.05. The van der Waals surface area contributed by atoms with Crippen molar-refractivity contribution in [2.24, 2.45) is 0 Å². The number of rotatable bonds is 4. The molecule has 1 atom stereocenters. The fourth-order valence-corrected chi connectivity index (χ4v) is 3.75. The predicted molar refractivity (Wildman–Crippen MR) is 113 cm³/mol. The highest BCUT2D eigenvalue weighted by Crippen LogP contribution is 2.36. The van der Waals surface area contributed by atoms with Gasteiger partial charge in [-0.05, 0) is 24.3 Å². The molecule has 1 saturated heterocycles. The summed E-state index contributed by atoms with van der Waals surface area (Å²) in [5.74, 6) is -0.405. The Morgan fingerprint density at radius 1 is 1.13 bits per heavy atom. The second kappa shape index (κ2) is 8.60. The second-order valence-electron chi connectivity index (χ2n) is 7.16. The highest BCUT2D eigenvalue weighted by atomic mass is 16.6. The maximum absolute atomic E-state index is 13.4. The Kier molecular flexibility index (Phi) is 5.72. The number of carbonyl (C=O) groups excluding carboxylic acids is 2. The Balaban J connectivity index is 1.69. The van der Waals surface area contributed by atoms with Crippen LogP contribution in [0.25, 0.3) is 0 Å². The second-order valence-corrected chi connectivity index (χ2v) is 7.16. The lowest BCUT2D eigenvalue weighted by atomic mass is 10.1. The summed E-state index contributed by atoms with van der Waals surface area (Å²) in [5.41, 5.74) is 0.983. The summed E-state index contributed by atoms with van der Waals surface area (Å²) in [6.07, 6.45) is -0.883. The fraction of sp³-hybridized carbons (Fsp3) is 0.333. The molecular weight excluding hydrogens is 404 g/mol. The first-order valence-corrected chi connectivity index (χ1v) is 9.90. The fourth-order valence-electron chi connectivity index (χ4n) is 3.75. The van der Waals surface area contributed by atoms with Crippen molar-refractivity contribution < 1.29 is 24.0 Å². The lowest BCUT2D eigenvalue weighted by Crippen LogP contribution is -2.50. The van der Waals surface area contributed by atoms with Crippen LogP contribution >= 0.6 is 0 Å². The summed E-state index contributed by atoms with van der Waals surface area (Å²) < 4.78 is 11.0. The van der Waals surface area contributed by atoms with Crippen LogP contribution in [0.3, 0.4) is 0 Å². The molecule has 2 heterocycles. The number of nitrogens with one attached hydrogen (secondary N) is 1. The van der Waals surface area contributed by atoms with Gasteiger partial charge in [0.05, 0.1) is 30.4 Å². The van der Waals surface area contributed by atoms with Crippen LogP contribution in [0, 0.1) is 10.1 Å². The monoisotopic (exact) mass is 426 g/mol. The summed E-state index contributed by atoms with van der Waals surface area (Å²) in [7, 11) is 1.49. The van der Waals surface area contributed by atoms with Gasteiger partial charge in [-0.1, -0.05) is 12.1 Å². The zero-order valence-electron chi connectivity index (χ0n) is 16.9. The molecule has 2 amide bonds. The molecule has 0 spiro atoms. The summed E-state index contributed by atoms with van der Waals surface area (Å²) in [4.78, 5) is 40.1. The maximum Gasteiger partial charge on any atom is 0.293 e. The van der Waals surface area contributed by atoms with Gasteiger partial charge in [0.2, 0.25) is 0 Å². The average molecular weight is 426 g/mol. The van der Waals surface area contributed by atoms with E-state index < -0.39 is 16.9 Å². The molecule has 1 fully saturated rings. The largest absolute Gasteiger partial charge is 0.477 e. The molecule has 0 saturated carbocycles. The van der Waals surface area contributed by atoms with Crippen LogP contribution in [0.1, 0.15) is 10.4 Å². The van der Waals surface area contributed by atoms with Crippen molar-refractivity contribution in [1.82, 2.24) is 5.32 Å². The number of hydrogen-bond donors (Lipinski definition) is 1. The van der Waals surface area contributed by atoms with Crippen LogP contribution in [0.4, 0.5) is 17.1 Å². The number of carbonyl (C=O) groups is 2. The van der Waals surface area contributed by atoms with Gasteiger partial charge in [0.1, 0.15) is 11.4 Å². The lowest BCUT2D eigenvalue weighted by Gasteiger charge is -2.34. The molecule has 2 aromatic rings. The van der Waals surface area contributed by atoms with Gasteiger partial charge in [-0.15, -0.1) is 0 Å². The van der Waals surface area contributed by atoms with Crippen molar-refractivity contribution >= 4 is 28.9 Å². The first kappa shape index (κ1) is 20.6. The Morgan fingerprint density at radius 3 is 2.58 bits per heavy atom. The highest BCUT2D eigenvalue weighted by molar-refractivity contribution is 6.08. The smallest absolute Gasteiger partial charge is 0.293 e. The van der Waals surface area contributed by atoms with Crippen LogP contribution in [0.2, 0.25) is 0 Å². The van der Waals surface area contributed by atoms with Gasteiger partial charge in [-0.25, -0.2) is 0 Å². The number of nitro benzene ring substituents is 1. The minimum Gasteiger partial charge on any atom is -0.477 e. The summed E-state index contributed by atoms with van der Waals surface area (Å²) in [5, 5.41) is 14.3. The minimum atomic E-state index is -0.883. The third-order valence-corrected chi connectivity index (χ3v) is 5.33. The van der Waals surface area contributed by atoms with E-state index in [0.717, 1.165) is 0 Å². The molecular formula is C21H22N4O6. The van der Waals surface area contributed by atoms with E-state index >= 15 is 0 Å². The van der Waals surface area contributed by atoms with Crippen LogP contribution in [-0.4, -0.2) is 62.7 Å². The lowest BCUT2D eigenvalue weighted by molar-refractivity contribution is -0.384. The van der Waals surface area contributed by atoms with Crippen molar-refractivity contribution in [3.8, 4) is 5.75 Å². The number of hydrogen-bond acceptors (Lipinski definition) is 7. The predicted octanol–water partition coefficient (Wildman–Crippen LogP) is 1.59. The number of nitrogens with zero attached hydrogens (tertiary/aromatic N) is 3. The molecule has 2 aliphatic rings. The van der Waals surface area contributed by atoms with Crippen LogP contribution < -0.4 is 19.9 Å². The van der Waals surface area contributed by atoms with Gasteiger partial charge in [0, 0.05) is 31.8 Å². The van der Waals surface area contributed by atoms with Crippen LogP contribution in [-0.2, 0) is 9.53 Å². The van der Waals surface area contributed by atoms with E-state index in [1.54, 1.807) is 36.4 Å². The molecule has 1 unspecified atom stereocenters. The van der Waals surface area contributed by atoms with Crippen LogP contribution in [0.15, 0.2) is 42.5 Å². The number of anilines is 2. The number of morpholine rings is 1. The number of para-hydroxylation sites is 2. The Hall–Kier alpha value is -3.66. The molecule has 31 heavy (non-hydrogen) atoms. The molecule has 0 aromatic heterocycles.